The summed E-state index contributed by atoms with van der Waals surface area (Å²) in [5.41, 5.74) is 3.63. The van der Waals surface area contributed by atoms with Crippen LogP contribution in [0.1, 0.15) is 20.8 Å². The molecule has 0 aliphatic carbocycles. The van der Waals surface area contributed by atoms with E-state index in [1.165, 1.54) is 31.0 Å². The maximum atomic E-state index is 13.5. The molecule has 0 spiro atoms. The van der Waals surface area contributed by atoms with E-state index in [0.29, 0.717) is 10.9 Å². The molecule has 0 aliphatic rings. The van der Waals surface area contributed by atoms with E-state index in [9.17, 15) is 8.78 Å². The van der Waals surface area contributed by atoms with E-state index in [1.807, 2.05) is 0 Å². The molecular formula is C18H29F2KN6O3S. The molecule has 1 aromatic heterocycles. The van der Waals surface area contributed by atoms with Crippen molar-refractivity contribution in [2.75, 3.05) is 37.9 Å². The number of aliphatic hydroxyl groups excluding tert-OH is 1. The predicted molar refractivity (Wildman–Crippen MR) is 114 cm³/mol. The Morgan fingerprint density at radius 2 is 1.87 bits per heavy atom. The molecule has 0 bridgehead atoms. The topological polar surface area (TPSA) is 138 Å². The second-order valence-corrected chi connectivity index (χ2v) is 7.21. The van der Waals surface area contributed by atoms with Crippen LogP contribution in [0.15, 0.2) is 23.4 Å². The summed E-state index contributed by atoms with van der Waals surface area (Å²) in [7, 11) is 1.36. The van der Waals surface area contributed by atoms with Gasteiger partial charge in [0.2, 0.25) is 5.82 Å². The largest absolute Gasteiger partial charge is 1.00 e. The number of halogens is 2. The Morgan fingerprint density at radius 3 is 2.48 bits per heavy atom. The molecule has 0 atom stereocenters. The third-order valence-corrected chi connectivity index (χ3v) is 3.47. The molecule has 0 saturated heterocycles. The summed E-state index contributed by atoms with van der Waals surface area (Å²) >= 11 is 1.22. The second kappa shape index (κ2) is 18.9. The van der Waals surface area contributed by atoms with Gasteiger partial charge in [0.25, 0.3) is 0 Å². The Balaban J connectivity index is 0. The minimum absolute atomic E-state index is 0. The fraction of sp³-hybridized carbons (Fsp3) is 0.500. The molecule has 2 aromatic rings. The number of rotatable bonds is 10. The molecule has 9 nitrogen and oxygen atoms in total. The average molecular weight is 487 g/mol. The zero-order chi connectivity index (χ0) is 21.6. The molecule has 0 saturated carbocycles. The third kappa shape index (κ3) is 14.2. The molecule has 0 amide bonds. The van der Waals surface area contributed by atoms with Crippen LogP contribution in [0.2, 0.25) is 0 Å². The van der Waals surface area contributed by atoms with Crippen molar-refractivity contribution in [2.24, 2.45) is 5.92 Å². The van der Waals surface area contributed by atoms with Crippen LogP contribution in [0.25, 0.3) is 5.48 Å². The molecule has 0 radical (unpaired) electrons. The van der Waals surface area contributed by atoms with Crippen molar-refractivity contribution in [2.45, 2.75) is 25.9 Å². The first-order chi connectivity index (χ1) is 13.9. The van der Waals surface area contributed by atoms with Gasteiger partial charge in [0.05, 0.1) is 19.2 Å². The summed E-state index contributed by atoms with van der Waals surface area (Å²) in [5.74, 6) is -0.628. The van der Waals surface area contributed by atoms with Crippen LogP contribution in [0.3, 0.4) is 0 Å². The smallest absolute Gasteiger partial charge is 0.490 e. The van der Waals surface area contributed by atoms with Gasteiger partial charge in [0.1, 0.15) is 5.16 Å². The van der Waals surface area contributed by atoms with Gasteiger partial charge in [-0.3, -0.25) is 5.48 Å². The molecule has 31 heavy (non-hydrogen) atoms. The second-order valence-electron chi connectivity index (χ2n) is 6.15. The van der Waals surface area contributed by atoms with Gasteiger partial charge in [0, 0.05) is 19.4 Å². The quantitative estimate of drug-likeness (QED) is 0.195. The number of aromatic nitrogens is 3. The number of thioether (sulfide) groups is 1. The molecule has 5 N–H and O–H groups in total. The molecule has 2 rings (SSSR count). The molecule has 1 aromatic carbocycles. The van der Waals surface area contributed by atoms with Crippen LogP contribution in [-0.4, -0.2) is 52.7 Å². The monoisotopic (exact) mass is 486 g/mol. The number of ether oxygens (including phenoxy) is 1. The number of hydrogen-bond acceptors (Lipinski definition) is 9. The van der Waals surface area contributed by atoms with Crippen molar-refractivity contribution >= 4 is 23.7 Å². The Morgan fingerprint density at radius 1 is 1.19 bits per heavy atom. The molecule has 1 heterocycles. The Labute approximate surface area is 228 Å². The fourth-order valence-corrected chi connectivity index (χ4v) is 2.31. The summed E-state index contributed by atoms with van der Waals surface area (Å²) in [6.45, 7) is 6.80. The predicted octanol–water partition coefficient (Wildman–Crippen LogP) is 1.12. The number of nitrogens with zero attached hydrogens (tertiary/aromatic N) is 4. The van der Waals surface area contributed by atoms with Gasteiger partial charge in [-0.1, -0.05) is 38.6 Å². The van der Waals surface area contributed by atoms with E-state index < -0.39 is 11.6 Å². The molecular weight excluding hydrogens is 457 g/mol. The molecule has 13 heteroatoms. The van der Waals surface area contributed by atoms with Crippen LogP contribution in [0.5, 0.6) is 5.75 Å². The first kappa shape index (κ1) is 32.5. The fourth-order valence-electron chi connectivity index (χ4n) is 1.66. The van der Waals surface area contributed by atoms with Crippen molar-refractivity contribution in [1.82, 2.24) is 21.1 Å². The minimum atomic E-state index is -1.02. The van der Waals surface area contributed by atoms with E-state index >= 15 is 0 Å². The maximum absolute atomic E-state index is 13.5. The molecule has 0 fully saturated rings. The van der Waals surface area contributed by atoms with Crippen LogP contribution in [0, 0.1) is 17.6 Å². The number of benzene rings is 1. The van der Waals surface area contributed by atoms with Crippen molar-refractivity contribution in [3.05, 3.63) is 35.3 Å². The van der Waals surface area contributed by atoms with Crippen molar-refractivity contribution in [3.63, 3.8) is 0 Å². The van der Waals surface area contributed by atoms with E-state index in [0.717, 1.165) is 12.0 Å². The number of aliphatic hydroxyl groups is 1. The number of nitrogens with one attached hydrogen (secondary N) is 1. The van der Waals surface area contributed by atoms with Crippen molar-refractivity contribution in [1.29, 1.82) is 0 Å². The maximum Gasteiger partial charge on any atom is 1.00 e. The van der Waals surface area contributed by atoms with Gasteiger partial charge in [-0.05, 0) is 18.1 Å². The van der Waals surface area contributed by atoms with E-state index in [4.69, 9.17) is 9.84 Å². The summed E-state index contributed by atoms with van der Waals surface area (Å²) < 4.78 is 31.8. The standard InChI is InChI=1S/C14H16F2N5O3S.C4H10.K.H3N/c1-23-21-13-18-12(17-5-6-22)19-14(20-13)25-8-7-24-10-4-2-3-9(15)11(10)16;1-4(2)3;;/h2-4,22H,5-8H2,1H3,(H-,17,18,19,20,21);4H,1-3H3;;1H3/q-1;;+1;. The van der Waals surface area contributed by atoms with Crippen LogP contribution < -0.4 is 67.6 Å². The number of hydrogen-bond donors (Lipinski definition) is 3. The third-order valence-electron chi connectivity index (χ3n) is 2.66. The minimum Gasteiger partial charge on any atom is -0.490 e. The van der Waals surface area contributed by atoms with Gasteiger partial charge in [-0.2, -0.15) is 4.39 Å². The number of anilines is 1. The Kier molecular flexibility index (Phi) is 19.8. The SMILES string of the molecule is CC(C)C.CO[N-]c1nc(NCCO)nc(SCCOc2cccc(F)c2F)n1.N.[K+]. The summed E-state index contributed by atoms with van der Waals surface area (Å²) in [6.07, 6.45) is 0. The Hall–Kier alpha value is -0.644. The molecule has 0 aliphatic heterocycles. The van der Waals surface area contributed by atoms with Crippen molar-refractivity contribution in [3.8, 4) is 5.75 Å². The Bertz CT molecular complexity index is 747. The van der Waals surface area contributed by atoms with Crippen LogP contribution in [0.4, 0.5) is 20.7 Å². The van der Waals surface area contributed by atoms with E-state index in [-0.39, 0.29) is 94.9 Å². The van der Waals surface area contributed by atoms with E-state index in [1.54, 1.807) is 0 Å². The zero-order valence-electron chi connectivity index (χ0n) is 18.6. The van der Waals surface area contributed by atoms with Gasteiger partial charge in [-0.25, -0.2) is 9.37 Å². The van der Waals surface area contributed by atoms with Crippen LogP contribution >= 0.6 is 11.8 Å². The van der Waals surface area contributed by atoms with Crippen molar-refractivity contribution < 1.29 is 74.8 Å². The van der Waals surface area contributed by atoms with Gasteiger partial charge in [0.15, 0.2) is 17.5 Å². The zero-order valence-corrected chi connectivity index (χ0v) is 22.5. The summed E-state index contributed by atoms with van der Waals surface area (Å²) in [6, 6.07) is 3.73. The van der Waals surface area contributed by atoms with Gasteiger partial charge < -0.3 is 36.1 Å². The molecule has 170 valence electrons. The average Bonchev–Trinajstić information content (AvgIpc) is 2.66. The first-order valence-corrected chi connectivity index (χ1v) is 9.90. The van der Waals surface area contributed by atoms with Crippen LogP contribution in [-0.2, 0) is 4.84 Å². The first-order valence-electron chi connectivity index (χ1n) is 8.92. The van der Waals surface area contributed by atoms with E-state index in [2.05, 4.69) is 51.4 Å². The summed E-state index contributed by atoms with van der Waals surface area (Å²) in [5, 5.41) is 12.0. The summed E-state index contributed by atoms with van der Waals surface area (Å²) in [4.78, 5) is 16.8. The normalized spacial score (nSPS) is 9.68. The van der Waals surface area contributed by atoms with Gasteiger partial charge in [-0.15, -0.1) is 0 Å². The molecule has 0 unspecified atom stereocenters. The van der Waals surface area contributed by atoms with Gasteiger partial charge >= 0.3 is 51.4 Å².